The smallest absolute Gasteiger partial charge is 0.263 e. The fourth-order valence-electron chi connectivity index (χ4n) is 2.24. The molecule has 0 amide bonds. The van der Waals surface area contributed by atoms with Gasteiger partial charge in [-0.2, -0.15) is 0 Å². The van der Waals surface area contributed by atoms with E-state index in [9.17, 15) is 8.78 Å². The molecule has 0 bridgehead atoms. The van der Waals surface area contributed by atoms with Crippen molar-refractivity contribution in [2.45, 2.75) is 20.3 Å². The summed E-state index contributed by atoms with van der Waals surface area (Å²) in [4.78, 5) is 2.10. The predicted molar refractivity (Wildman–Crippen MR) is 72.8 cm³/mol. The fraction of sp³-hybridized carbons (Fsp3) is 0.467. The quantitative estimate of drug-likeness (QED) is 0.759. The molecule has 0 radical (unpaired) electrons. The van der Waals surface area contributed by atoms with Crippen molar-refractivity contribution in [2.75, 3.05) is 20.6 Å². The minimum atomic E-state index is -2.41. The highest BCUT2D eigenvalue weighted by Crippen LogP contribution is 2.27. The molecule has 0 aliphatic heterocycles. The zero-order valence-electron chi connectivity index (χ0n) is 11.5. The van der Waals surface area contributed by atoms with Gasteiger partial charge in [0.1, 0.15) is 0 Å². The average molecular weight is 253 g/mol. The van der Waals surface area contributed by atoms with Crippen molar-refractivity contribution in [3.8, 4) is 0 Å². The number of benzene rings is 1. The highest BCUT2D eigenvalue weighted by molar-refractivity contribution is 5.67. The molecule has 0 saturated carbocycles. The molecule has 1 aromatic rings. The van der Waals surface area contributed by atoms with E-state index in [1.165, 1.54) is 6.07 Å². The molecular formula is C15H21F2N. The third kappa shape index (κ3) is 3.91. The van der Waals surface area contributed by atoms with Crippen molar-refractivity contribution in [1.29, 1.82) is 0 Å². The van der Waals surface area contributed by atoms with Crippen LogP contribution < -0.4 is 0 Å². The molecular weight excluding hydrogens is 232 g/mol. The summed E-state index contributed by atoms with van der Waals surface area (Å²) in [5.74, 6) is 0.318. The Morgan fingerprint density at radius 2 is 2.00 bits per heavy atom. The maximum absolute atomic E-state index is 12.7. The number of rotatable bonds is 5. The molecule has 1 atom stereocenters. The summed E-state index contributed by atoms with van der Waals surface area (Å²) in [5, 5.41) is 0. The number of hydrogen-bond acceptors (Lipinski definition) is 1. The van der Waals surface area contributed by atoms with Gasteiger partial charge in [-0.15, -0.1) is 0 Å². The first-order valence-electron chi connectivity index (χ1n) is 6.15. The van der Waals surface area contributed by atoms with Crippen LogP contribution in [-0.2, 0) is 0 Å². The van der Waals surface area contributed by atoms with E-state index >= 15 is 0 Å². The van der Waals surface area contributed by atoms with Crippen LogP contribution in [0.25, 0.3) is 5.57 Å². The molecule has 0 fully saturated rings. The zero-order valence-corrected chi connectivity index (χ0v) is 11.5. The van der Waals surface area contributed by atoms with Crippen molar-refractivity contribution in [3.63, 3.8) is 0 Å². The standard InChI is InChI=1S/C15H21F2N/c1-5-14(11(2)10-18(3)4)12-7-6-8-13(9-12)15(16)17/h5-9,11,15H,10H2,1-4H3/b14-5-. The van der Waals surface area contributed by atoms with Crippen molar-refractivity contribution < 1.29 is 8.78 Å². The molecule has 1 aromatic carbocycles. The first kappa shape index (κ1) is 14.8. The van der Waals surface area contributed by atoms with Crippen molar-refractivity contribution >= 4 is 5.57 Å². The molecule has 0 aliphatic rings. The van der Waals surface area contributed by atoms with Crippen LogP contribution in [-0.4, -0.2) is 25.5 Å². The van der Waals surface area contributed by atoms with E-state index in [2.05, 4.69) is 11.8 Å². The third-order valence-corrected chi connectivity index (χ3v) is 2.95. The summed E-state index contributed by atoms with van der Waals surface area (Å²) >= 11 is 0. The van der Waals surface area contributed by atoms with Crippen LogP contribution in [0.4, 0.5) is 8.78 Å². The first-order valence-corrected chi connectivity index (χ1v) is 6.15. The minimum absolute atomic E-state index is 0.0869. The topological polar surface area (TPSA) is 3.24 Å². The number of halogens is 2. The monoisotopic (exact) mass is 253 g/mol. The number of allylic oxidation sites excluding steroid dienone is 1. The summed E-state index contributed by atoms with van der Waals surface area (Å²) in [6.45, 7) is 4.97. The Kier molecular flexibility index (Phi) is 5.48. The lowest BCUT2D eigenvalue weighted by Gasteiger charge is -2.20. The Bertz CT molecular complexity index is 411. The summed E-state index contributed by atoms with van der Waals surface area (Å²) in [5.41, 5.74) is 2.10. The molecule has 100 valence electrons. The largest absolute Gasteiger partial charge is 0.309 e. The van der Waals surface area contributed by atoms with Gasteiger partial charge in [-0.05, 0) is 44.1 Å². The molecule has 0 N–H and O–H groups in total. The second-order valence-electron chi connectivity index (χ2n) is 4.83. The lowest BCUT2D eigenvalue weighted by molar-refractivity contribution is 0.151. The first-order chi connectivity index (χ1) is 8.45. The van der Waals surface area contributed by atoms with Gasteiger partial charge in [0.2, 0.25) is 0 Å². The number of nitrogens with zero attached hydrogens (tertiary/aromatic N) is 1. The van der Waals surface area contributed by atoms with Gasteiger partial charge >= 0.3 is 0 Å². The summed E-state index contributed by atoms with van der Waals surface area (Å²) in [6, 6.07) is 6.65. The van der Waals surface area contributed by atoms with Gasteiger partial charge in [0.05, 0.1) is 0 Å². The van der Waals surface area contributed by atoms with Gasteiger partial charge in [0, 0.05) is 12.1 Å². The maximum atomic E-state index is 12.7. The lowest BCUT2D eigenvalue weighted by Crippen LogP contribution is -2.20. The lowest BCUT2D eigenvalue weighted by atomic mass is 9.92. The molecule has 0 heterocycles. The Morgan fingerprint density at radius 3 is 2.50 bits per heavy atom. The van der Waals surface area contributed by atoms with Crippen molar-refractivity contribution in [2.24, 2.45) is 5.92 Å². The zero-order chi connectivity index (χ0) is 13.7. The van der Waals surface area contributed by atoms with Gasteiger partial charge in [-0.1, -0.05) is 31.2 Å². The average Bonchev–Trinajstić information content (AvgIpc) is 2.29. The Hall–Kier alpha value is -1.22. The normalized spacial score (nSPS) is 14.3. The summed E-state index contributed by atoms with van der Waals surface area (Å²) in [6.07, 6.45) is -0.397. The van der Waals surface area contributed by atoms with E-state index in [-0.39, 0.29) is 5.56 Å². The van der Waals surface area contributed by atoms with Gasteiger partial charge in [0.15, 0.2) is 0 Å². The van der Waals surface area contributed by atoms with E-state index < -0.39 is 6.43 Å². The maximum Gasteiger partial charge on any atom is 0.263 e. The Labute approximate surface area is 108 Å². The van der Waals surface area contributed by atoms with E-state index in [0.29, 0.717) is 5.92 Å². The SMILES string of the molecule is C/C=C(\c1cccc(C(F)F)c1)C(C)CN(C)C. The van der Waals surface area contributed by atoms with Crippen LogP contribution in [0.1, 0.15) is 31.4 Å². The third-order valence-electron chi connectivity index (χ3n) is 2.95. The van der Waals surface area contributed by atoms with Gasteiger partial charge in [-0.25, -0.2) is 8.78 Å². The van der Waals surface area contributed by atoms with Gasteiger partial charge in [0.25, 0.3) is 6.43 Å². The minimum Gasteiger partial charge on any atom is -0.309 e. The van der Waals surface area contributed by atoms with Crippen molar-refractivity contribution in [3.05, 3.63) is 41.5 Å². The summed E-state index contributed by atoms with van der Waals surface area (Å²) < 4.78 is 25.4. The fourth-order valence-corrected chi connectivity index (χ4v) is 2.24. The molecule has 1 nitrogen and oxygen atoms in total. The molecule has 0 spiro atoms. The predicted octanol–water partition coefficient (Wildman–Crippen LogP) is 4.23. The Balaban J connectivity index is 2.99. The molecule has 0 aromatic heterocycles. The van der Waals surface area contributed by atoms with Crippen LogP contribution in [0.5, 0.6) is 0 Å². The van der Waals surface area contributed by atoms with Crippen LogP contribution in [0.3, 0.4) is 0 Å². The van der Waals surface area contributed by atoms with Crippen LogP contribution in [0.15, 0.2) is 30.3 Å². The highest BCUT2D eigenvalue weighted by atomic mass is 19.3. The number of hydrogen-bond donors (Lipinski definition) is 0. The Morgan fingerprint density at radius 1 is 1.33 bits per heavy atom. The van der Waals surface area contributed by atoms with Gasteiger partial charge in [-0.3, -0.25) is 0 Å². The van der Waals surface area contributed by atoms with E-state index in [4.69, 9.17) is 0 Å². The van der Waals surface area contributed by atoms with Gasteiger partial charge < -0.3 is 4.90 Å². The molecule has 1 unspecified atom stereocenters. The van der Waals surface area contributed by atoms with Crippen molar-refractivity contribution in [1.82, 2.24) is 4.90 Å². The molecule has 1 rings (SSSR count). The number of alkyl halides is 2. The van der Waals surface area contributed by atoms with Crippen LogP contribution in [0.2, 0.25) is 0 Å². The second kappa shape index (κ2) is 6.64. The molecule has 18 heavy (non-hydrogen) atoms. The van der Waals surface area contributed by atoms with E-state index in [0.717, 1.165) is 17.7 Å². The van der Waals surface area contributed by atoms with E-state index in [1.54, 1.807) is 12.1 Å². The molecule has 0 saturated heterocycles. The van der Waals surface area contributed by atoms with E-state index in [1.807, 2.05) is 33.2 Å². The molecule has 3 heteroatoms. The second-order valence-corrected chi connectivity index (χ2v) is 4.83. The van der Waals surface area contributed by atoms with Crippen LogP contribution >= 0.6 is 0 Å². The molecule has 0 aliphatic carbocycles. The summed E-state index contributed by atoms with van der Waals surface area (Å²) in [7, 11) is 4.03. The highest BCUT2D eigenvalue weighted by Gasteiger charge is 2.13. The van der Waals surface area contributed by atoms with Crippen LogP contribution in [0, 0.1) is 5.92 Å².